The van der Waals surface area contributed by atoms with Crippen molar-refractivity contribution in [1.82, 2.24) is 4.90 Å². The summed E-state index contributed by atoms with van der Waals surface area (Å²) < 4.78 is 0. The smallest absolute Gasteiger partial charge is 0.173 e. The maximum absolute atomic E-state index is 5.42. The molecule has 19 heavy (non-hydrogen) atoms. The highest BCUT2D eigenvalue weighted by Gasteiger charge is 2.07. The largest absolute Gasteiger partial charge is 0.378 e. The maximum Gasteiger partial charge on any atom is 0.173 e. The molecule has 0 heterocycles. The van der Waals surface area contributed by atoms with E-state index in [4.69, 9.17) is 12.2 Å². The molecule has 0 fully saturated rings. The van der Waals surface area contributed by atoms with Crippen LogP contribution in [0.1, 0.15) is 13.8 Å². The van der Waals surface area contributed by atoms with Crippen molar-refractivity contribution in [3.63, 3.8) is 0 Å². The van der Waals surface area contributed by atoms with E-state index in [1.807, 2.05) is 33.2 Å². The molecular weight excluding hydrogens is 254 g/mol. The van der Waals surface area contributed by atoms with E-state index in [0.717, 1.165) is 29.5 Å². The molecule has 1 aromatic rings. The predicted octanol–water partition coefficient (Wildman–Crippen LogP) is 3.35. The van der Waals surface area contributed by atoms with Gasteiger partial charge in [-0.25, -0.2) is 0 Å². The van der Waals surface area contributed by atoms with Crippen molar-refractivity contribution in [1.29, 1.82) is 0 Å². The summed E-state index contributed by atoms with van der Waals surface area (Å²) in [6, 6.07) is 8.21. The second-order valence-electron chi connectivity index (χ2n) is 4.84. The van der Waals surface area contributed by atoms with Crippen LogP contribution >= 0.6 is 12.2 Å². The number of benzene rings is 1. The van der Waals surface area contributed by atoms with Gasteiger partial charge >= 0.3 is 0 Å². The maximum atomic E-state index is 5.42. The van der Waals surface area contributed by atoms with Gasteiger partial charge in [-0.2, -0.15) is 0 Å². The fourth-order valence-corrected chi connectivity index (χ4v) is 2.01. The summed E-state index contributed by atoms with van der Waals surface area (Å²) in [7, 11) is 4.05. The number of anilines is 2. The number of thiocarbonyl (C=S) groups is 1. The Morgan fingerprint density at radius 3 is 2.26 bits per heavy atom. The SMILES string of the molecule is C=C(C)CN(CC)C(=S)Nc1ccc(N(C)C)cc1. The minimum absolute atomic E-state index is 0.739. The molecule has 0 atom stereocenters. The zero-order valence-corrected chi connectivity index (χ0v) is 13.0. The van der Waals surface area contributed by atoms with E-state index >= 15 is 0 Å². The Morgan fingerprint density at radius 2 is 1.84 bits per heavy atom. The van der Waals surface area contributed by atoms with Crippen LogP contribution in [0.5, 0.6) is 0 Å². The summed E-state index contributed by atoms with van der Waals surface area (Å²) in [5, 5.41) is 4.00. The van der Waals surface area contributed by atoms with E-state index < -0.39 is 0 Å². The van der Waals surface area contributed by atoms with Gasteiger partial charge in [0, 0.05) is 38.6 Å². The van der Waals surface area contributed by atoms with Crippen LogP contribution in [0.25, 0.3) is 0 Å². The van der Waals surface area contributed by atoms with Crippen LogP contribution in [0.15, 0.2) is 36.4 Å². The van der Waals surface area contributed by atoms with Crippen molar-refractivity contribution in [3.8, 4) is 0 Å². The predicted molar refractivity (Wildman–Crippen MR) is 89.1 cm³/mol. The molecule has 0 aliphatic heterocycles. The van der Waals surface area contributed by atoms with Gasteiger partial charge in [0.05, 0.1) is 0 Å². The van der Waals surface area contributed by atoms with E-state index in [1.165, 1.54) is 5.69 Å². The molecule has 1 N–H and O–H groups in total. The standard InChI is InChI=1S/C15H23N3S/c1-6-18(11-12(2)3)15(19)16-13-7-9-14(10-8-13)17(4)5/h7-10H,2,6,11H2,1,3-5H3,(H,16,19). The van der Waals surface area contributed by atoms with Gasteiger partial charge in [-0.1, -0.05) is 12.2 Å². The van der Waals surface area contributed by atoms with Gasteiger partial charge in [-0.3, -0.25) is 0 Å². The molecule has 0 spiro atoms. The minimum atomic E-state index is 0.739. The topological polar surface area (TPSA) is 18.5 Å². The van der Waals surface area contributed by atoms with Gasteiger partial charge in [-0.05, 0) is 50.3 Å². The van der Waals surface area contributed by atoms with Crippen LogP contribution in [-0.2, 0) is 0 Å². The molecule has 0 amide bonds. The van der Waals surface area contributed by atoms with Crippen molar-refractivity contribution in [2.75, 3.05) is 37.4 Å². The molecule has 0 unspecified atom stereocenters. The first-order valence-corrected chi connectivity index (χ1v) is 6.82. The van der Waals surface area contributed by atoms with E-state index in [0.29, 0.717) is 0 Å². The average molecular weight is 277 g/mol. The van der Waals surface area contributed by atoms with Crippen LogP contribution < -0.4 is 10.2 Å². The molecule has 0 aromatic heterocycles. The first-order chi connectivity index (χ1) is 8.93. The highest BCUT2D eigenvalue weighted by atomic mass is 32.1. The molecule has 1 aromatic carbocycles. The second kappa shape index (κ2) is 7.14. The molecule has 0 saturated heterocycles. The lowest BCUT2D eigenvalue weighted by atomic mass is 10.2. The van der Waals surface area contributed by atoms with Crippen LogP contribution in [-0.4, -0.2) is 37.2 Å². The molecule has 0 aliphatic rings. The van der Waals surface area contributed by atoms with Crippen molar-refractivity contribution >= 4 is 28.7 Å². The zero-order valence-electron chi connectivity index (χ0n) is 12.2. The lowest BCUT2D eigenvalue weighted by Crippen LogP contribution is -2.35. The van der Waals surface area contributed by atoms with Gasteiger partial charge in [0.2, 0.25) is 0 Å². The quantitative estimate of drug-likeness (QED) is 0.657. The lowest BCUT2D eigenvalue weighted by molar-refractivity contribution is 0.485. The highest BCUT2D eigenvalue weighted by Crippen LogP contribution is 2.16. The summed E-state index contributed by atoms with van der Waals surface area (Å²) in [6.07, 6.45) is 0. The Balaban J connectivity index is 2.67. The Labute approximate surface area is 121 Å². The van der Waals surface area contributed by atoms with Crippen LogP contribution in [0, 0.1) is 0 Å². The lowest BCUT2D eigenvalue weighted by Gasteiger charge is -2.24. The normalized spacial score (nSPS) is 9.89. The monoisotopic (exact) mass is 277 g/mol. The molecule has 0 saturated carbocycles. The van der Waals surface area contributed by atoms with E-state index in [9.17, 15) is 0 Å². The van der Waals surface area contributed by atoms with Crippen LogP contribution in [0.4, 0.5) is 11.4 Å². The van der Waals surface area contributed by atoms with E-state index in [-0.39, 0.29) is 0 Å². The second-order valence-corrected chi connectivity index (χ2v) is 5.23. The molecule has 3 nitrogen and oxygen atoms in total. The van der Waals surface area contributed by atoms with Gasteiger partial charge in [0.1, 0.15) is 0 Å². The first-order valence-electron chi connectivity index (χ1n) is 6.41. The Morgan fingerprint density at radius 1 is 1.26 bits per heavy atom. The third-order valence-electron chi connectivity index (χ3n) is 2.76. The van der Waals surface area contributed by atoms with Crippen molar-refractivity contribution < 1.29 is 0 Å². The molecule has 1 rings (SSSR count). The number of hydrogen-bond acceptors (Lipinski definition) is 2. The van der Waals surface area contributed by atoms with Gasteiger partial charge < -0.3 is 15.1 Å². The fraction of sp³-hybridized carbons (Fsp3) is 0.400. The molecular formula is C15H23N3S. The van der Waals surface area contributed by atoms with Crippen LogP contribution in [0.3, 0.4) is 0 Å². The van der Waals surface area contributed by atoms with Crippen molar-refractivity contribution in [3.05, 3.63) is 36.4 Å². The molecule has 104 valence electrons. The zero-order chi connectivity index (χ0) is 14.4. The number of nitrogens with one attached hydrogen (secondary N) is 1. The Kier molecular flexibility index (Phi) is 5.83. The number of nitrogens with zero attached hydrogens (tertiary/aromatic N) is 2. The van der Waals surface area contributed by atoms with Crippen LogP contribution in [0.2, 0.25) is 0 Å². The number of hydrogen-bond donors (Lipinski definition) is 1. The molecule has 0 aliphatic carbocycles. The number of rotatable bonds is 5. The van der Waals surface area contributed by atoms with E-state index in [2.05, 4.69) is 40.8 Å². The van der Waals surface area contributed by atoms with Gasteiger partial charge in [0.15, 0.2) is 5.11 Å². The summed E-state index contributed by atoms with van der Waals surface area (Å²) >= 11 is 5.42. The summed E-state index contributed by atoms with van der Waals surface area (Å²) in [4.78, 5) is 4.17. The van der Waals surface area contributed by atoms with Crippen molar-refractivity contribution in [2.45, 2.75) is 13.8 Å². The molecule has 4 heteroatoms. The Bertz CT molecular complexity index is 437. The van der Waals surface area contributed by atoms with Gasteiger partial charge in [-0.15, -0.1) is 0 Å². The highest BCUT2D eigenvalue weighted by molar-refractivity contribution is 7.80. The molecule has 0 radical (unpaired) electrons. The Hall–Kier alpha value is -1.55. The first kappa shape index (κ1) is 15.5. The number of likely N-dealkylation sites (N-methyl/N-ethyl adjacent to an activating group) is 1. The average Bonchev–Trinajstić information content (AvgIpc) is 2.36. The van der Waals surface area contributed by atoms with E-state index in [1.54, 1.807) is 0 Å². The summed E-state index contributed by atoms with van der Waals surface area (Å²) in [6.45, 7) is 9.69. The summed E-state index contributed by atoms with van der Waals surface area (Å²) in [5.74, 6) is 0. The van der Waals surface area contributed by atoms with Gasteiger partial charge in [0.25, 0.3) is 0 Å². The summed E-state index contributed by atoms with van der Waals surface area (Å²) in [5.41, 5.74) is 3.29. The third kappa shape index (κ3) is 4.91. The third-order valence-corrected chi connectivity index (χ3v) is 3.12. The van der Waals surface area contributed by atoms with Crippen molar-refractivity contribution in [2.24, 2.45) is 0 Å². The fourth-order valence-electron chi connectivity index (χ4n) is 1.70. The molecule has 0 bridgehead atoms. The minimum Gasteiger partial charge on any atom is -0.378 e.